The van der Waals surface area contributed by atoms with Crippen LogP contribution in [0, 0.1) is 0 Å². The van der Waals surface area contributed by atoms with E-state index in [1.807, 2.05) is 72.8 Å². The van der Waals surface area contributed by atoms with Gasteiger partial charge in [-0.15, -0.1) is 0 Å². The van der Waals surface area contributed by atoms with Crippen LogP contribution in [-0.4, -0.2) is 41.0 Å². The lowest BCUT2D eigenvalue weighted by atomic mass is 10.2. The van der Waals surface area contributed by atoms with Gasteiger partial charge in [-0.25, -0.2) is 9.97 Å². The first-order chi connectivity index (χ1) is 17.6. The van der Waals surface area contributed by atoms with Crippen LogP contribution in [0.15, 0.2) is 77.9 Å². The van der Waals surface area contributed by atoms with E-state index in [0.717, 1.165) is 16.9 Å². The summed E-state index contributed by atoms with van der Waals surface area (Å²) in [5.41, 5.74) is 10.5. The van der Waals surface area contributed by atoms with Crippen molar-refractivity contribution in [3.05, 3.63) is 89.5 Å². The summed E-state index contributed by atoms with van der Waals surface area (Å²) in [6.45, 7) is 0.309. The summed E-state index contributed by atoms with van der Waals surface area (Å²) in [5.74, 6) is 1.22. The summed E-state index contributed by atoms with van der Waals surface area (Å²) in [5, 5.41) is 7.47. The molecule has 0 aliphatic rings. The molecule has 0 radical (unpaired) electrons. The summed E-state index contributed by atoms with van der Waals surface area (Å²) in [6, 6.07) is 22.3. The first-order valence-corrected chi connectivity index (χ1v) is 11.2. The van der Waals surface area contributed by atoms with E-state index in [9.17, 15) is 4.79 Å². The van der Waals surface area contributed by atoms with Crippen LogP contribution < -0.4 is 20.5 Å². The van der Waals surface area contributed by atoms with Crippen molar-refractivity contribution in [1.82, 2.24) is 20.0 Å². The topological polar surface area (TPSA) is 117 Å². The number of aromatic nitrogens is 3. The lowest BCUT2D eigenvalue weighted by Gasteiger charge is -2.07. The van der Waals surface area contributed by atoms with E-state index in [1.165, 1.54) is 4.68 Å². The number of fused-ring (bicyclic) bond motifs is 2. The predicted octanol–water partition coefficient (Wildman–Crippen LogP) is 4.00. The zero-order valence-corrected chi connectivity index (χ0v) is 19.8. The molecule has 0 unspecified atom stereocenters. The Bertz CT molecular complexity index is 1590. The van der Waals surface area contributed by atoms with Crippen molar-refractivity contribution in [3.8, 4) is 11.5 Å². The van der Waals surface area contributed by atoms with Gasteiger partial charge in [-0.2, -0.15) is 9.78 Å². The van der Waals surface area contributed by atoms with Crippen LogP contribution >= 0.6 is 0 Å². The number of rotatable bonds is 7. The number of carbonyl (C=O) groups excluding carboxylic acids is 1. The molecule has 5 aromatic rings. The Morgan fingerprint density at radius 1 is 0.972 bits per heavy atom. The highest BCUT2D eigenvalue weighted by molar-refractivity contribution is 6.10. The maximum Gasteiger partial charge on any atom is 0.257 e. The van der Waals surface area contributed by atoms with E-state index < -0.39 is 0 Å². The number of hydrogen-bond donors (Lipinski definition) is 2. The molecule has 3 N–H and O–H groups in total. The van der Waals surface area contributed by atoms with Gasteiger partial charge in [0, 0.05) is 6.54 Å². The molecule has 0 fully saturated rings. The third-order valence-electron chi connectivity index (χ3n) is 5.73. The molecule has 9 heteroatoms. The number of benzene rings is 3. The van der Waals surface area contributed by atoms with Crippen molar-refractivity contribution >= 4 is 40.1 Å². The monoisotopic (exact) mass is 480 g/mol. The SMILES string of the molecule is COc1ccc(CNC(=O)c2c(N)n(/N=C\c3cccc(OC)c3)c3nc4ccccc4nc23)cc1. The number of hydrogen-bond acceptors (Lipinski definition) is 7. The molecule has 0 atom stereocenters. The Balaban J connectivity index is 1.55. The highest BCUT2D eigenvalue weighted by Gasteiger charge is 2.24. The van der Waals surface area contributed by atoms with Gasteiger partial charge in [-0.3, -0.25) is 4.79 Å². The molecular weight excluding hydrogens is 456 g/mol. The third kappa shape index (κ3) is 4.41. The summed E-state index contributed by atoms with van der Waals surface area (Å²) < 4.78 is 11.9. The molecule has 2 aromatic heterocycles. The standard InChI is InChI=1S/C27H24N6O3/c1-35-19-12-10-17(11-13-19)15-29-27(34)23-24-26(32-22-9-4-3-8-21(22)31-24)33(25(23)28)30-16-18-6-5-7-20(14-18)36-2/h3-14,16H,15,28H2,1-2H3,(H,29,34)/b30-16-. The lowest BCUT2D eigenvalue weighted by Crippen LogP contribution is -2.23. The number of nitrogens with zero attached hydrogens (tertiary/aromatic N) is 4. The molecule has 0 aliphatic carbocycles. The van der Waals surface area contributed by atoms with E-state index in [2.05, 4.69) is 10.4 Å². The summed E-state index contributed by atoms with van der Waals surface area (Å²) in [6.07, 6.45) is 1.63. The molecule has 36 heavy (non-hydrogen) atoms. The quantitative estimate of drug-likeness (QED) is 0.340. The molecule has 0 bridgehead atoms. The number of nitrogens with two attached hydrogens (primary N) is 1. The third-order valence-corrected chi connectivity index (χ3v) is 5.73. The number of carbonyl (C=O) groups is 1. The average molecular weight is 481 g/mol. The molecule has 5 rings (SSSR count). The minimum absolute atomic E-state index is 0.145. The largest absolute Gasteiger partial charge is 0.497 e. The Morgan fingerprint density at radius 2 is 1.69 bits per heavy atom. The van der Waals surface area contributed by atoms with Crippen molar-refractivity contribution in [2.24, 2.45) is 5.10 Å². The number of para-hydroxylation sites is 2. The second-order valence-electron chi connectivity index (χ2n) is 8.01. The number of anilines is 1. The van der Waals surface area contributed by atoms with Gasteiger partial charge >= 0.3 is 0 Å². The van der Waals surface area contributed by atoms with E-state index in [-0.39, 0.29) is 17.3 Å². The molecular formula is C27H24N6O3. The van der Waals surface area contributed by atoms with Gasteiger partial charge in [0.05, 0.1) is 31.5 Å². The minimum Gasteiger partial charge on any atom is -0.497 e. The highest BCUT2D eigenvalue weighted by Crippen LogP contribution is 2.28. The number of amides is 1. The zero-order chi connectivity index (χ0) is 25.1. The van der Waals surface area contributed by atoms with Crippen molar-refractivity contribution in [3.63, 3.8) is 0 Å². The second-order valence-corrected chi connectivity index (χ2v) is 8.01. The van der Waals surface area contributed by atoms with Gasteiger partial charge in [0.2, 0.25) is 0 Å². The zero-order valence-electron chi connectivity index (χ0n) is 19.8. The van der Waals surface area contributed by atoms with E-state index in [1.54, 1.807) is 20.4 Å². The Morgan fingerprint density at radius 3 is 2.42 bits per heavy atom. The summed E-state index contributed by atoms with van der Waals surface area (Å²) >= 11 is 0. The number of nitrogens with one attached hydrogen (secondary N) is 1. The van der Waals surface area contributed by atoms with Crippen LogP contribution in [0.1, 0.15) is 21.5 Å². The maximum absolute atomic E-state index is 13.3. The molecule has 1 amide bonds. The van der Waals surface area contributed by atoms with Crippen LogP contribution in [0.2, 0.25) is 0 Å². The summed E-state index contributed by atoms with van der Waals surface area (Å²) in [7, 11) is 3.21. The number of methoxy groups -OCH3 is 2. The van der Waals surface area contributed by atoms with Gasteiger partial charge in [-0.1, -0.05) is 36.4 Å². The lowest BCUT2D eigenvalue weighted by molar-refractivity contribution is 0.0953. The highest BCUT2D eigenvalue weighted by atomic mass is 16.5. The average Bonchev–Trinajstić information content (AvgIpc) is 3.19. The molecule has 9 nitrogen and oxygen atoms in total. The Labute approximate surface area is 207 Å². The molecule has 0 saturated carbocycles. The van der Waals surface area contributed by atoms with Crippen molar-refractivity contribution in [1.29, 1.82) is 0 Å². The van der Waals surface area contributed by atoms with Gasteiger partial charge in [0.1, 0.15) is 28.4 Å². The number of nitrogen functional groups attached to an aromatic ring is 1. The van der Waals surface area contributed by atoms with Crippen molar-refractivity contribution in [2.45, 2.75) is 6.54 Å². The fourth-order valence-electron chi connectivity index (χ4n) is 3.85. The minimum atomic E-state index is -0.367. The van der Waals surface area contributed by atoms with Crippen LogP contribution in [0.4, 0.5) is 5.82 Å². The molecule has 0 spiro atoms. The first kappa shape index (κ1) is 22.9. The Hall–Kier alpha value is -4.92. The van der Waals surface area contributed by atoms with Crippen molar-refractivity contribution in [2.75, 3.05) is 20.0 Å². The normalized spacial score (nSPS) is 11.3. The van der Waals surface area contributed by atoms with Gasteiger partial charge in [-0.05, 0) is 47.5 Å². The first-order valence-electron chi connectivity index (χ1n) is 11.2. The summed E-state index contributed by atoms with van der Waals surface area (Å²) in [4.78, 5) is 22.7. The maximum atomic E-state index is 13.3. The predicted molar refractivity (Wildman–Crippen MR) is 140 cm³/mol. The van der Waals surface area contributed by atoms with Crippen LogP contribution in [0.5, 0.6) is 11.5 Å². The smallest absolute Gasteiger partial charge is 0.257 e. The van der Waals surface area contributed by atoms with Crippen LogP contribution in [0.25, 0.3) is 22.2 Å². The van der Waals surface area contributed by atoms with E-state index in [0.29, 0.717) is 34.5 Å². The molecule has 0 aliphatic heterocycles. The van der Waals surface area contributed by atoms with Gasteiger partial charge < -0.3 is 20.5 Å². The van der Waals surface area contributed by atoms with E-state index in [4.69, 9.17) is 25.2 Å². The van der Waals surface area contributed by atoms with Crippen LogP contribution in [0.3, 0.4) is 0 Å². The fraction of sp³-hybridized carbons (Fsp3) is 0.111. The van der Waals surface area contributed by atoms with Gasteiger partial charge in [0.25, 0.3) is 5.91 Å². The Kier molecular flexibility index (Phi) is 6.19. The molecule has 2 heterocycles. The van der Waals surface area contributed by atoms with Crippen molar-refractivity contribution < 1.29 is 14.3 Å². The van der Waals surface area contributed by atoms with E-state index >= 15 is 0 Å². The second kappa shape index (κ2) is 9.75. The molecule has 3 aromatic carbocycles. The molecule has 180 valence electrons. The van der Waals surface area contributed by atoms with Crippen LogP contribution in [-0.2, 0) is 6.54 Å². The number of ether oxygens (including phenoxy) is 2. The molecule has 0 saturated heterocycles. The fourth-order valence-corrected chi connectivity index (χ4v) is 3.85. The van der Waals surface area contributed by atoms with Gasteiger partial charge in [0.15, 0.2) is 5.65 Å².